The molecule has 8 heteroatoms. The van der Waals surface area contributed by atoms with E-state index in [1.54, 1.807) is 18.5 Å². The minimum absolute atomic E-state index is 0.256. The van der Waals surface area contributed by atoms with Crippen molar-refractivity contribution >= 4 is 26.8 Å². The minimum atomic E-state index is -0.508. The van der Waals surface area contributed by atoms with Gasteiger partial charge in [0.2, 0.25) is 0 Å². The standard InChI is InChI=1S/C11H9N5O2S/c12-10-14-8-7(19-10)9(17)15-11(18)16(8)5-6-2-1-3-13-4-6/h1-4H,5H2,(H2,12,14)(H,15,17,18). The number of nitrogen functional groups attached to an aromatic ring is 1. The Bertz CT molecular complexity index is 849. The molecule has 0 spiro atoms. The number of anilines is 1. The van der Waals surface area contributed by atoms with Crippen molar-refractivity contribution in [2.75, 3.05) is 5.73 Å². The molecule has 0 amide bonds. The fraction of sp³-hybridized carbons (Fsp3) is 0.0909. The zero-order valence-electron chi connectivity index (χ0n) is 9.66. The van der Waals surface area contributed by atoms with E-state index in [4.69, 9.17) is 5.73 Å². The predicted molar refractivity (Wildman–Crippen MR) is 72.3 cm³/mol. The quantitative estimate of drug-likeness (QED) is 0.693. The van der Waals surface area contributed by atoms with Gasteiger partial charge in [0.05, 0.1) is 6.54 Å². The van der Waals surface area contributed by atoms with Crippen molar-refractivity contribution in [2.45, 2.75) is 6.54 Å². The molecule has 0 saturated heterocycles. The second-order valence-electron chi connectivity index (χ2n) is 3.91. The van der Waals surface area contributed by atoms with Crippen LogP contribution >= 0.6 is 11.3 Å². The lowest BCUT2D eigenvalue weighted by Crippen LogP contribution is -2.30. The first kappa shape index (κ1) is 11.6. The molecule has 3 aromatic heterocycles. The van der Waals surface area contributed by atoms with Gasteiger partial charge in [-0.3, -0.25) is 19.3 Å². The van der Waals surface area contributed by atoms with Crippen molar-refractivity contribution in [3.8, 4) is 0 Å². The van der Waals surface area contributed by atoms with Crippen LogP contribution in [0.1, 0.15) is 5.56 Å². The molecule has 0 aliphatic carbocycles. The normalized spacial score (nSPS) is 10.9. The van der Waals surface area contributed by atoms with E-state index in [0.717, 1.165) is 16.9 Å². The molecule has 0 radical (unpaired) electrons. The molecule has 0 aliphatic rings. The van der Waals surface area contributed by atoms with E-state index < -0.39 is 11.2 Å². The van der Waals surface area contributed by atoms with Crippen LogP contribution in [0.15, 0.2) is 34.1 Å². The number of nitrogens with zero attached hydrogens (tertiary/aromatic N) is 3. The summed E-state index contributed by atoms with van der Waals surface area (Å²) in [4.78, 5) is 33.8. The third-order valence-corrected chi connectivity index (χ3v) is 3.49. The van der Waals surface area contributed by atoms with Gasteiger partial charge >= 0.3 is 5.69 Å². The van der Waals surface area contributed by atoms with Gasteiger partial charge in [-0.05, 0) is 11.6 Å². The van der Waals surface area contributed by atoms with Crippen LogP contribution in [-0.2, 0) is 6.54 Å². The fourth-order valence-corrected chi connectivity index (χ4v) is 2.53. The average molecular weight is 275 g/mol. The molecule has 0 bridgehead atoms. The highest BCUT2D eigenvalue weighted by molar-refractivity contribution is 7.21. The summed E-state index contributed by atoms with van der Waals surface area (Å²) in [5.41, 5.74) is 5.77. The number of thiazole rings is 1. The number of hydrogen-bond acceptors (Lipinski definition) is 6. The van der Waals surface area contributed by atoms with Crippen LogP contribution in [0, 0.1) is 0 Å². The Morgan fingerprint density at radius 1 is 1.42 bits per heavy atom. The van der Waals surface area contributed by atoms with E-state index in [9.17, 15) is 9.59 Å². The maximum atomic E-state index is 11.9. The zero-order chi connectivity index (χ0) is 13.4. The molecular formula is C11H9N5O2S. The Labute approximate surface area is 110 Å². The molecule has 0 fully saturated rings. The van der Waals surface area contributed by atoms with Crippen molar-refractivity contribution in [1.82, 2.24) is 19.5 Å². The number of rotatable bonds is 2. The Balaban J connectivity index is 2.23. The first-order valence-electron chi connectivity index (χ1n) is 5.43. The highest BCUT2D eigenvalue weighted by Crippen LogP contribution is 2.19. The molecular weight excluding hydrogens is 266 g/mol. The third kappa shape index (κ3) is 2.02. The van der Waals surface area contributed by atoms with Gasteiger partial charge in [-0.1, -0.05) is 17.4 Å². The summed E-state index contributed by atoms with van der Waals surface area (Å²) in [6.45, 7) is 0.281. The topological polar surface area (TPSA) is 107 Å². The maximum Gasteiger partial charge on any atom is 0.330 e. The van der Waals surface area contributed by atoms with Crippen LogP contribution in [0.3, 0.4) is 0 Å². The van der Waals surface area contributed by atoms with Gasteiger partial charge in [0, 0.05) is 12.4 Å². The lowest BCUT2D eigenvalue weighted by atomic mass is 10.3. The van der Waals surface area contributed by atoms with E-state index in [-0.39, 0.29) is 11.7 Å². The summed E-state index contributed by atoms with van der Waals surface area (Å²) in [5, 5.41) is 0.256. The predicted octanol–water partition coefficient (Wildman–Crippen LogP) is 0.172. The second-order valence-corrected chi connectivity index (χ2v) is 4.94. The highest BCUT2D eigenvalue weighted by Gasteiger charge is 2.12. The molecule has 19 heavy (non-hydrogen) atoms. The molecule has 0 unspecified atom stereocenters. The van der Waals surface area contributed by atoms with Crippen molar-refractivity contribution in [2.24, 2.45) is 0 Å². The van der Waals surface area contributed by atoms with Crippen molar-refractivity contribution < 1.29 is 0 Å². The van der Waals surface area contributed by atoms with Gasteiger partial charge in [-0.15, -0.1) is 0 Å². The number of nitrogens with two attached hydrogens (primary N) is 1. The molecule has 3 N–H and O–H groups in total. The van der Waals surface area contributed by atoms with Gasteiger partial charge in [0.1, 0.15) is 4.70 Å². The maximum absolute atomic E-state index is 11.9. The van der Waals surface area contributed by atoms with Gasteiger partial charge in [-0.2, -0.15) is 0 Å². The number of fused-ring (bicyclic) bond motifs is 1. The Hall–Kier alpha value is -2.48. The fourth-order valence-electron chi connectivity index (χ4n) is 1.80. The third-order valence-electron chi connectivity index (χ3n) is 2.62. The Morgan fingerprint density at radius 2 is 2.26 bits per heavy atom. The van der Waals surface area contributed by atoms with E-state index >= 15 is 0 Å². The minimum Gasteiger partial charge on any atom is -0.375 e. The van der Waals surface area contributed by atoms with E-state index in [2.05, 4.69) is 15.0 Å². The van der Waals surface area contributed by atoms with E-state index in [1.807, 2.05) is 6.07 Å². The van der Waals surface area contributed by atoms with Gasteiger partial charge in [0.25, 0.3) is 5.56 Å². The van der Waals surface area contributed by atoms with Crippen LogP contribution in [0.2, 0.25) is 0 Å². The summed E-state index contributed by atoms with van der Waals surface area (Å²) < 4.78 is 1.72. The van der Waals surface area contributed by atoms with Crippen LogP contribution < -0.4 is 17.0 Å². The van der Waals surface area contributed by atoms with Crippen LogP contribution in [-0.4, -0.2) is 19.5 Å². The van der Waals surface area contributed by atoms with Gasteiger partial charge < -0.3 is 5.73 Å². The van der Waals surface area contributed by atoms with Crippen molar-refractivity contribution in [1.29, 1.82) is 0 Å². The number of aromatic nitrogens is 4. The molecule has 3 aromatic rings. The summed E-state index contributed by atoms with van der Waals surface area (Å²) in [6, 6.07) is 3.62. The van der Waals surface area contributed by atoms with E-state index in [1.165, 1.54) is 4.57 Å². The van der Waals surface area contributed by atoms with Crippen LogP contribution in [0.4, 0.5) is 5.13 Å². The lowest BCUT2D eigenvalue weighted by molar-refractivity contribution is 0.746. The largest absolute Gasteiger partial charge is 0.375 e. The smallest absolute Gasteiger partial charge is 0.330 e. The van der Waals surface area contributed by atoms with Gasteiger partial charge in [0.15, 0.2) is 10.8 Å². The van der Waals surface area contributed by atoms with Crippen molar-refractivity contribution in [3.63, 3.8) is 0 Å². The van der Waals surface area contributed by atoms with Crippen LogP contribution in [0.5, 0.6) is 0 Å². The summed E-state index contributed by atoms with van der Waals surface area (Å²) in [6.07, 6.45) is 3.30. The zero-order valence-corrected chi connectivity index (χ0v) is 10.5. The number of H-pyrrole nitrogens is 1. The summed E-state index contributed by atoms with van der Waals surface area (Å²) >= 11 is 1.06. The number of pyridine rings is 1. The van der Waals surface area contributed by atoms with Crippen LogP contribution in [0.25, 0.3) is 10.3 Å². The van der Waals surface area contributed by atoms with E-state index in [0.29, 0.717) is 10.3 Å². The molecule has 0 aromatic carbocycles. The number of nitrogens with one attached hydrogen (secondary N) is 1. The summed E-state index contributed by atoms with van der Waals surface area (Å²) in [7, 11) is 0. The number of aromatic amines is 1. The monoisotopic (exact) mass is 275 g/mol. The molecule has 3 rings (SSSR count). The molecule has 7 nitrogen and oxygen atoms in total. The molecule has 0 aliphatic heterocycles. The molecule has 3 heterocycles. The first-order valence-corrected chi connectivity index (χ1v) is 6.25. The lowest BCUT2D eigenvalue weighted by Gasteiger charge is -2.05. The number of hydrogen-bond donors (Lipinski definition) is 2. The molecule has 96 valence electrons. The van der Waals surface area contributed by atoms with Crippen molar-refractivity contribution in [3.05, 3.63) is 50.9 Å². The summed E-state index contributed by atoms with van der Waals surface area (Å²) in [5.74, 6) is 0. The second kappa shape index (κ2) is 4.32. The van der Waals surface area contributed by atoms with Gasteiger partial charge in [-0.25, -0.2) is 9.78 Å². The first-order chi connectivity index (χ1) is 9.15. The highest BCUT2D eigenvalue weighted by atomic mass is 32.1. The SMILES string of the molecule is Nc1nc2c(s1)c(=O)[nH]c(=O)n2Cc1cccnc1. The Kier molecular flexibility index (Phi) is 2.64. The Morgan fingerprint density at radius 3 is 3.00 bits per heavy atom. The average Bonchev–Trinajstić information content (AvgIpc) is 2.78. The molecule has 0 atom stereocenters. The molecule has 0 saturated carbocycles.